The van der Waals surface area contributed by atoms with Crippen molar-refractivity contribution < 1.29 is 0 Å². The molecule has 0 heteroatoms. The summed E-state index contributed by atoms with van der Waals surface area (Å²) in [6.45, 7) is 4.43. The van der Waals surface area contributed by atoms with Gasteiger partial charge in [0.15, 0.2) is 0 Å². The van der Waals surface area contributed by atoms with Gasteiger partial charge in [0.05, 0.1) is 0 Å². The molecule has 0 saturated heterocycles. The van der Waals surface area contributed by atoms with Crippen LogP contribution in [0.4, 0.5) is 0 Å². The number of aryl methyl sites for hydroxylation is 2. The van der Waals surface area contributed by atoms with Crippen LogP contribution in [0.25, 0.3) is 132 Å². The van der Waals surface area contributed by atoms with Crippen LogP contribution in [0.15, 0.2) is 194 Å². The second kappa shape index (κ2) is 12.5. The SMILES string of the molecule is Cc1cccc(-c2c3c(c(-c4ccccc4)c4ccccc24)-c2ccc4c5c(ccc-3c25)-c2c-4c(-c3cccc(C)c3)c3cc4ccccc4cc3c2-c2ccccc2)c1. The zero-order valence-corrected chi connectivity index (χ0v) is 33.5. The first-order chi connectivity index (χ1) is 29.6. The van der Waals surface area contributed by atoms with Gasteiger partial charge in [-0.1, -0.05) is 193 Å². The molecule has 0 unspecified atom stereocenters. The molecule has 0 heterocycles. The molecule has 0 aromatic heterocycles. The molecule has 0 fully saturated rings. The van der Waals surface area contributed by atoms with Crippen LogP contribution in [0.5, 0.6) is 0 Å². The van der Waals surface area contributed by atoms with Crippen molar-refractivity contribution in [2.75, 3.05) is 0 Å². The third-order valence-electron chi connectivity index (χ3n) is 13.4. The summed E-state index contributed by atoms with van der Waals surface area (Å²) in [7, 11) is 0. The van der Waals surface area contributed by atoms with Gasteiger partial charge < -0.3 is 0 Å². The Labute approximate surface area is 349 Å². The smallest absolute Gasteiger partial charge is 0.000740 e. The van der Waals surface area contributed by atoms with E-state index in [0.717, 1.165) is 0 Å². The minimum atomic E-state index is 1.24. The van der Waals surface area contributed by atoms with Crippen molar-refractivity contribution >= 4 is 43.1 Å². The summed E-state index contributed by atoms with van der Waals surface area (Å²) >= 11 is 0. The van der Waals surface area contributed by atoms with Gasteiger partial charge in [-0.15, -0.1) is 0 Å². The van der Waals surface area contributed by atoms with E-state index in [1.54, 1.807) is 0 Å². The highest BCUT2D eigenvalue weighted by Gasteiger charge is 2.37. The average molecular weight is 759 g/mol. The maximum atomic E-state index is 2.46. The summed E-state index contributed by atoms with van der Waals surface area (Å²) in [6.07, 6.45) is 0. The van der Waals surface area contributed by atoms with Crippen LogP contribution in [0.1, 0.15) is 11.1 Å². The van der Waals surface area contributed by atoms with Gasteiger partial charge in [-0.2, -0.15) is 0 Å². The van der Waals surface area contributed by atoms with Crippen molar-refractivity contribution in [2.45, 2.75) is 13.8 Å². The summed E-state index contributed by atoms with van der Waals surface area (Å²) in [4.78, 5) is 0. The molecule has 0 atom stereocenters. The maximum Gasteiger partial charge on any atom is -0.000740 e. The van der Waals surface area contributed by atoms with Crippen LogP contribution >= 0.6 is 0 Å². The van der Waals surface area contributed by atoms with Crippen molar-refractivity contribution in [3.8, 4) is 89.0 Å². The zero-order valence-electron chi connectivity index (χ0n) is 33.5. The van der Waals surface area contributed by atoms with E-state index < -0.39 is 0 Å². The summed E-state index contributed by atoms with van der Waals surface area (Å²) in [5.74, 6) is 0. The highest BCUT2D eigenvalue weighted by atomic mass is 14.4. The molecule has 0 bridgehead atoms. The quantitative estimate of drug-likeness (QED) is 0.157. The van der Waals surface area contributed by atoms with Crippen LogP contribution in [0.2, 0.25) is 0 Å². The maximum absolute atomic E-state index is 2.46. The van der Waals surface area contributed by atoms with Gasteiger partial charge in [-0.25, -0.2) is 0 Å². The zero-order chi connectivity index (χ0) is 39.6. The molecule has 13 rings (SSSR count). The fourth-order valence-electron chi connectivity index (χ4n) is 11.0. The van der Waals surface area contributed by atoms with Crippen LogP contribution < -0.4 is 0 Å². The summed E-state index contributed by atoms with van der Waals surface area (Å²) < 4.78 is 0. The molecular weight excluding hydrogens is 721 g/mol. The van der Waals surface area contributed by atoms with Crippen molar-refractivity contribution in [1.29, 1.82) is 0 Å². The molecule has 11 aromatic rings. The van der Waals surface area contributed by atoms with Crippen molar-refractivity contribution in [3.05, 3.63) is 205 Å². The van der Waals surface area contributed by atoms with Crippen LogP contribution in [-0.4, -0.2) is 0 Å². The molecule has 278 valence electrons. The minimum Gasteiger partial charge on any atom is -0.0622 e. The lowest BCUT2D eigenvalue weighted by Crippen LogP contribution is -1.95. The Morgan fingerprint density at radius 1 is 0.233 bits per heavy atom. The van der Waals surface area contributed by atoms with E-state index in [0.29, 0.717) is 0 Å². The largest absolute Gasteiger partial charge is 0.0622 e. The second-order valence-corrected chi connectivity index (χ2v) is 16.8. The van der Waals surface area contributed by atoms with Gasteiger partial charge in [-0.3, -0.25) is 0 Å². The molecule has 0 amide bonds. The third kappa shape index (κ3) is 4.56. The Balaban J connectivity index is 1.23. The van der Waals surface area contributed by atoms with Gasteiger partial charge in [0, 0.05) is 0 Å². The Morgan fingerprint density at radius 3 is 0.983 bits per heavy atom. The summed E-state index contributed by atoms with van der Waals surface area (Å²) in [5.41, 5.74) is 23.4. The van der Waals surface area contributed by atoms with Gasteiger partial charge in [0.1, 0.15) is 0 Å². The molecular formula is C60H38. The lowest BCUT2D eigenvalue weighted by atomic mass is 9.81. The Bertz CT molecular complexity index is 3640. The third-order valence-corrected chi connectivity index (χ3v) is 13.4. The van der Waals surface area contributed by atoms with Gasteiger partial charge in [0.25, 0.3) is 0 Å². The van der Waals surface area contributed by atoms with Crippen molar-refractivity contribution in [3.63, 3.8) is 0 Å². The highest BCUT2D eigenvalue weighted by Crippen LogP contribution is 2.64. The van der Waals surface area contributed by atoms with E-state index in [4.69, 9.17) is 0 Å². The molecule has 0 radical (unpaired) electrons. The molecule has 60 heavy (non-hydrogen) atoms. The number of hydrogen-bond acceptors (Lipinski definition) is 0. The fraction of sp³-hybridized carbons (Fsp3) is 0.0333. The van der Waals surface area contributed by atoms with E-state index in [9.17, 15) is 0 Å². The first-order valence-electron chi connectivity index (χ1n) is 21.1. The standard InChI is InChI=1S/C60H38/c1-35-15-13-23-41(31-35)53-44-26-12-11-25-43(44)51(37-17-5-3-6-18-37)57-45-27-30-48-56-46(28-29-47(55(45)56)59(53)57)58-52(38-19-7-4-8-20-38)49-33-39-21-9-10-22-40(39)34-50(49)54(60(48)58)42-24-14-16-36(2)32-42/h3-34H,1-2H3. The van der Waals surface area contributed by atoms with Crippen molar-refractivity contribution in [1.82, 2.24) is 0 Å². The fourth-order valence-corrected chi connectivity index (χ4v) is 11.0. The highest BCUT2D eigenvalue weighted by molar-refractivity contribution is 6.35. The normalized spacial score (nSPS) is 12.2. The van der Waals surface area contributed by atoms with E-state index in [1.807, 2.05) is 0 Å². The number of rotatable bonds is 4. The lowest BCUT2D eigenvalue weighted by Gasteiger charge is -2.22. The predicted octanol–water partition coefficient (Wildman–Crippen LogP) is 16.9. The summed E-state index contributed by atoms with van der Waals surface area (Å²) in [6, 6.07) is 73.1. The topological polar surface area (TPSA) is 0 Å². The number of hydrogen-bond donors (Lipinski definition) is 0. The Morgan fingerprint density at radius 2 is 0.567 bits per heavy atom. The van der Waals surface area contributed by atoms with Crippen LogP contribution in [0.3, 0.4) is 0 Å². The van der Waals surface area contributed by atoms with E-state index in [1.165, 1.54) is 143 Å². The van der Waals surface area contributed by atoms with E-state index in [2.05, 4.69) is 208 Å². The van der Waals surface area contributed by atoms with E-state index in [-0.39, 0.29) is 0 Å². The van der Waals surface area contributed by atoms with Crippen LogP contribution in [0, 0.1) is 13.8 Å². The molecule has 0 N–H and O–H groups in total. The Kier molecular flexibility index (Phi) is 6.95. The second-order valence-electron chi connectivity index (χ2n) is 16.8. The molecule has 0 aliphatic heterocycles. The van der Waals surface area contributed by atoms with Gasteiger partial charge in [-0.05, 0) is 158 Å². The molecule has 11 aromatic carbocycles. The number of fused-ring (bicyclic) bond motifs is 9. The van der Waals surface area contributed by atoms with Gasteiger partial charge >= 0.3 is 0 Å². The van der Waals surface area contributed by atoms with E-state index >= 15 is 0 Å². The number of benzene rings is 11. The molecule has 0 nitrogen and oxygen atoms in total. The molecule has 2 aliphatic rings. The molecule has 0 spiro atoms. The van der Waals surface area contributed by atoms with Crippen molar-refractivity contribution in [2.24, 2.45) is 0 Å². The Hall–Kier alpha value is -7.54. The minimum absolute atomic E-state index is 1.24. The molecule has 0 saturated carbocycles. The first kappa shape index (κ1) is 33.4. The van der Waals surface area contributed by atoms with Crippen LogP contribution in [-0.2, 0) is 0 Å². The average Bonchev–Trinajstić information content (AvgIpc) is 3.79. The first-order valence-corrected chi connectivity index (χ1v) is 21.1. The molecule has 2 aliphatic carbocycles. The monoisotopic (exact) mass is 758 g/mol. The van der Waals surface area contributed by atoms with Gasteiger partial charge in [0.2, 0.25) is 0 Å². The summed E-state index contributed by atoms with van der Waals surface area (Å²) in [5, 5.41) is 10.4. The predicted molar refractivity (Wildman–Crippen MR) is 257 cm³/mol. The lowest BCUT2D eigenvalue weighted by molar-refractivity contribution is 1.47.